The van der Waals surface area contributed by atoms with Crippen LogP contribution in [0.25, 0.3) is 0 Å². The summed E-state index contributed by atoms with van der Waals surface area (Å²) in [6, 6.07) is 6.58. The molecule has 0 radical (unpaired) electrons. The first-order valence-corrected chi connectivity index (χ1v) is 10.4. The molecule has 3 aromatic rings. The van der Waals surface area contributed by atoms with Gasteiger partial charge in [-0.25, -0.2) is 9.37 Å². The molecule has 5 nitrogen and oxygen atoms in total. The van der Waals surface area contributed by atoms with E-state index < -0.39 is 0 Å². The molecule has 1 aliphatic heterocycles. The molecule has 0 unspecified atom stereocenters. The third kappa shape index (κ3) is 4.02. The molecular weight excluding hydrogens is 369 g/mol. The van der Waals surface area contributed by atoms with Gasteiger partial charge in [-0.1, -0.05) is 23.5 Å². The van der Waals surface area contributed by atoms with Crippen molar-refractivity contribution < 1.29 is 4.39 Å². The normalized spacial score (nSPS) is 15.3. The fraction of sp³-hybridized carbons (Fsp3) is 0.389. The number of thiazole rings is 1. The Kier molecular flexibility index (Phi) is 5.12. The molecule has 1 aromatic carbocycles. The number of anilines is 2. The van der Waals surface area contributed by atoms with Gasteiger partial charge in [0.15, 0.2) is 5.13 Å². The second-order valence-electron chi connectivity index (χ2n) is 6.38. The second kappa shape index (κ2) is 7.67. The minimum atomic E-state index is -0.212. The average Bonchev–Trinajstić information content (AvgIpc) is 3.20. The molecule has 8 heteroatoms. The molecule has 4 rings (SSSR count). The van der Waals surface area contributed by atoms with Gasteiger partial charge in [-0.15, -0.1) is 21.5 Å². The van der Waals surface area contributed by atoms with Crippen molar-refractivity contribution in [1.82, 2.24) is 15.2 Å². The van der Waals surface area contributed by atoms with Crippen LogP contribution in [0.15, 0.2) is 29.6 Å². The minimum absolute atomic E-state index is 0.212. The van der Waals surface area contributed by atoms with E-state index in [0.29, 0.717) is 6.42 Å². The summed E-state index contributed by atoms with van der Waals surface area (Å²) in [5.74, 6) is -0.212. The van der Waals surface area contributed by atoms with Gasteiger partial charge in [0.1, 0.15) is 10.8 Å². The number of hydrogen-bond acceptors (Lipinski definition) is 7. The SMILES string of the molecule is Cc1csc(N2CCCN(c3nnc(Cc4ccc(F)cc4)s3)CC2)n1. The van der Waals surface area contributed by atoms with Gasteiger partial charge < -0.3 is 9.80 Å². The number of rotatable bonds is 4. The number of nitrogens with zero attached hydrogens (tertiary/aromatic N) is 5. The molecule has 136 valence electrons. The molecule has 0 atom stereocenters. The molecule has 0 N–H and O–H groups in total. The van der Waals surface area contributed by atoms with Crippen LogP contribution in [0.2, 0.25) is 0 Å². The summed E-state index contributed by atoms with van der Waals surface area (Å²) in [7, 11) is 0. The van der Waals surface area contributed by atoms with Crippen LogP contribution in [-0.2, 0) is 6.42 Å². The number of aryl methyl sites for hydroxylation is 1. The smallest absolute Gasteiger partial charge is 0.208 e. The van der Waals surface area contributed by atoms with E-state index in [1.807, 2.05) is 6.92 Å². The summed E-state index contributed by atoms with van der Waals surface area (Å²) in [6.07, 6.45) is 1.77. The van der Waals surface area contributed by atoms with Crippen LogP contribution in [0.3, 0.4) is 0 Å². The Morgan fingerprint density at radius 1 is 1.00 bits per heavy atom. The maximum absolute atomic E-state index is 13.0. The Balaban J connectivity index is 1.40. The molecule has 0 aliphatic carbocycles. The zero-order valence-corrected chi connectivity index (χ0v) is 16.2. The van der Waals surface area contributed by atoms with E-state index in [2.05, 4.69) is 30.4 Å². The van der Waals surface area contributed by atoms with Gasteiger partial charge in [-0.2, -0.15) is 0 Å². The number of benzene rings is 1. The van der Waals surface area contributed by atoms with Crippen LogP contribution in [0.1, 0.15) is 22.7 Å². The molecule has 0 saturated carbocycles. The number of hydrogen-bond donors (Lipinski definition) is 0. The van der Waals surface area contributed by atoms with Crippen molar-refractivity contribution in [3.63, 3.8) is 0 Å². The molecule has 1 fully saturated rings. The van der Waals surface area contributed by atoms with E-state index in [1.165, 1.54) is 12.1 Å². The predicted octanol–water partition coefficient (Wildman–Crippen LogP) is 3.75. The highest BCUT2D eigenvalue weighted by Crippen LogP contribution is 2.26. The Bertz CT molecular complexity index is 861. The maximum Gasteiger partial charge on any atom is 0.208 e. The lowest BCUT2D eigenvalue weighted by molar-refractivity contribution is 0.627. The van der Waals surface area contributed by atoms with Crippen LogP contribution in [0, 0.1) is 12.7 Å². The van der Waals surface area contributed by atoms with Gasteiger partial charge in [-0.05, 0) is 31.0 Å². The standard InChI is InChI=1S/C18H20FN5S2/c1-13-12-25-17(20-13)23-7-2-8-24(10-9-23)18-22-21-16(26-18)11-14-3-5-15(19)6-4-14/h3-6,12H,2,7-11H2,1H3. The van der Waals surface area contributed by atoms with Crippen LogP contribution >= 0.6 is 22.7 Å². The molecule has 26 heavy (non-hydrogen) atoms. The number of aromatic nitrogens is 3. The Morgan fingerprint density at radius 2 is 1.73 bits per heavy atom. The van der Waals surface area contributed by atoms with E-state index in [9.17, 15) is 4.39 Å². The molecule has 0 bridgehead atoms. The van der Waals surface area contributed by atoms with Gasteiger partial charge in [0.25, 0.3) is 0 Å². The molecular formula is C18H20FN5S2. The fourth-order valence-corrected chi connectivity index (χ4v) is 4.79. The molecule has 1 aliphatic rings. The van der Waals surface area contributed by atoms with Crippen LogP contribution in [0.5, 0.6) is 0 Å². The largest absolute Gasteiger partial charge is 0.346 e. The van der Waals surface area contributed by atoms with E-state index in [0.717, 1.165) is 59.1 Å². The van der Waals surface area contributed by atoms with Crippen molar-refractivity contribution >= 4 is 32.9 Å². The highest BCUT2D eigenvalue weighted by Gasteiger charge is 2.20. The average molecular weight is 390 g/mol. The van der Waals surface area contributed by atoms with Crippen LogP contribution < -0.4 is 9.80 Å². The van der Waals surface area contributed by atoms with E-state index in [4.69, 9.17) is 0 Å². The van der Waals surface area contributed by atoms with Crippen molar-refractivity contribution in [1.29, 1.82) is 0 Å². The second-order valence-corrected chi connectivity index (χ2v) is 8.26. The summed E-state index contributed by atoms with van der Waals surface area (Å²) < 4.78 is 13.0. The number of halogens is 1. The molecule has 2 aromatic heterocycles. The summed E-state index contributed by atoms with van der Waals surface area (Å²) in [4.78, 5) is 9.28. The van der Waals surface area contributed by atoms with Crippen molar-refractivity contribution in [3.05, 3.63) is 51.7 Å². The molecule has 0 spiro atoms. The van der Waals surface area contributed by atoms with Gasteiger partial charge in [-0.3, -0.25) is 0 Å². The van der Waals surface area contributed by atoms with Crippen molar-refractivity contribution in [3.8, 4) is 0 Å². The lowest BCUT2D eigenvalue weighted by Crippen LogP contribution is -2.30. The molecule has 1 saturated heterocycles. The van der Waals surface area contributed by atoms with E-state index in [-0.39, 0.29) is 5.82 Å². The summed E-state index contributed by atoms with van der Waals surface area (Å²) >= 11 is 3.34. The van der Waals surface area contributed by atoms with Crippen molar-refractivity contribution in [2.75, 3.05) is 36.0 Å². The first kappa shape index (κ1) is 17.4. The first-order chi connectivity index (χ1) is 12.7. The topological polar surface area (TPSA) is 45.2 Å². The summed E-state index contributed by atoms with van der Waals surface area (Å²) in [5, 5.41) is 13.9. The zero-order valence-electron chi connectivity index (χ0n) is 14.6. The predicted molar refractivity (Wildman–Crippen MR) is 105 cm³/mol. The lowest BCUT2D eigenvalue weighted by Gasteiger charge is -2.20. The van der Waals surface area contributed by atoms with E-state index >= 15 is 0 Å². The van der Waals surface area contributed by atoms with Gasteiger partial charge in [0.2, 0.25) is 5.13 Å². The quantitative estimate of drug-likeness (QED) is 0.680. The summed E-state index contributed by atoms with van der Waals surface area (Å²) in [6.45, 7) is 5.90. The third-order valence-corrected chi connectivity index (χ3v) is 6.37. The zero-order chi connectivity index (χ0) is 17.9. The van der Waals surface area contributed by atoms with Crippen LogP contribution in [0.4, 0.5) is 14.7 Å². The minimum Gasteiger partial charge on any atom is -0.346 e. The monoisotopic (exact) mass is 389 g/mol. The first-order valence-electron chi connectivity index (χ1n) is 8.66. The third-order valence-electron chi connectivity index (χ3n) is 4.37. The molecule has 3 heterocycles. The maximum atomic E-state index is 13.0. The van der Waals surface area contributed by atoms with Crippen molar-refractivity contribution in [2.45, 2.75) is 19.8 Å². The van der Waals surface area contributed by atoms with Gasteiger partial charge in [0, 0.05) is 38.0 Å². The Morgan fingerprint density at radius 3 is 2.42 bits per heavy atom. The highest BCUT2D eigenvalue weighted by molar-refractivity contribution is 7.15. The van der Waals surface area contributed by atoms with E-state index in [1.54, 1.807) is 34.8 Å². The molecule has 0 amide bonds. The Hall–Kier alpha value is -2.06. The van der Waals surface area contributed by atoms with Crippen LogP contribution in [-0.4, -0.2) is 41.4 Å². The summed E-state index contributed by atoms with van der Waals surface area (Å²) in [5.41, 5.74) is 2.14. The highest BCUT2D eigenvalue weighted by atomic mass is 32.1. The van der Waals surface area contributed by atoms with Crippen molar-refractivity contribution in [2.24, 2.45) is 0 Å². The lowest BCUT2D eigenvalue weighted by atomic mass is 10.2. The van der Waals surface area contributed by atoms with Gasteiger partial charge in [0.05, 0.1) is 5.69 Å². The van der Waals surface area contributed by atoms with Gasteiger partial charge >= 0.3 is 0 Å². The fourth-order valence-electron chi connectivity index (χ4n) is 3.01. The Labute approximate surface area is 160 Å².